The van der Waals surface area contributed by atoms with Crippen molar-refractivity contribution in [3.8, 4) is 11.5 Å². The van der Waals surface area contributed by atoms with E-state index in [1.165, 1.54) is 0 Å². The number of para-hydroxylation sites is 1. The molecule has 5 rings (SSSR count). The summed E-state index contributed by atoms with van der Waals surface area (Å²) in [5, 5.41) is 11.3. The fourth-order valence-corrected chi connectivity index (χ4v) is 5.27. The zero-order valence-electron chi connectivity index (χ0n) is 18.2. The van der Waals surface area contributed by atoms with Crippen LogP contribution in [0.4, 0.5) is 0 Å². The predicted octanol–water partition coefficient (Wildman–Crippen LogP) is 4.38. The van der Waals surface area contributed by atoms with Crippen LogP contribution in [0, 0.1) is 0 Å². The minimum Gasteiger partial charge on any atom is -0.507 e. The maximum Gasteiger partial charge on any atom is 0.295 e. The number of Topliss-reactive ketones (excluding diaryl/α,β-unsaturated/α-hetero) is 1. The first-order valence-electron chi connectivity index (χ1n) is 11.3. The molecule has 2 aromatic rings. The summed E-state index contributed by atoms with van der Waals surface area (Å²) in [6.45, 7) is 0.604. The number of benzene rings is 2. The highest BCUT2D eigenvalue weighted by molar-refractivity contribution is 6.46. The molecular formula is C26H27NO5. The van der Waals surface area contributed by atoms with Gasteiger partial charge in [-0.3, -0.25) is 9.59 Å². The molecule has 1 amide bonds. The van der Waals surface area contributed by atoms with Crippen molar-refractivity contribution in [2.75, 3.05) is 13.7 Å². The van der Waals surface area contributed by atoms with Gasteiger partial charge in [0, 0.05) is 23.6 Å². The lowest BCUT2D eigenvalue weighted by molar-refractivity contribution is -0.141. The molecule has 1 N–H and O–H groups in total. The van der Waals surface area contributed by atoms with Gasteiger partial charge in [-0.1, -0.05) is 37.5 Å². The number of hydrogen-bond donors (Lipinski definition) is 1. The van der Waals surface area contributed by atoms with Crippen molar-refractivity contribution in [1.82, 2.24) is 4.90 Å². The molecule has 1 saturated carbocycles. The fourth-order valence-electron chi connectivity index (χ4n) is 5.27. The van der Waals surface area contributed by atoms with E-state index in [1.807, 2.05) is 36.4 Å². The van der Waals surface area contributed by atoms with Gasteiger partial charge in [0.05, 0.1) is 25.3 Å². The van der Waals surface area contributed by atoms with E-state index in [0.717, 1.165) is 49.8 Å². The van der Waals surface area contributed by atoms with E-state index < -0.39 is 17.7 Å². The van der Waals surface area contributed by atoms with E-state index in [4.69, 9.17) is 9.47 Å². The number of fused-ring (bicyclic) bond motifs is 1. The Bertz CT molecular complexity index is 1100. The topological polar surface area (TPSA) is 76.1 Å². The molecule has 6 heteroatoms. The first-order chi connectivity index (χ1) is 15.6. The third-order valence-electron chi connectivity index (χ3n) is 6.84. The van der Waals surface area contributed by atoms with E-state index in [2.05, 4.69) is 0 Å². The van der Waals surface area contributed by atoms with Crippen molar-refractivity contribution in [1.29, 1.82) is 0 Å². The Morgan fingerprint density at radius 1 is 1.09 bits per heavy atom. The normalized spacial score (nSPS) is 22.7. The van der Waals surface area contributed by atoms with Crippen molar-refractivity contribution in [2.45, 2.75) is 50.6 Å². The van der Waals surface area contributed by atoms with Crippen molar-refractivity contribution in [3.05, 3.63) is 64.7 Å². The van der Waals surface area contributed by atoms with Gasteiger partial charge in [-0.25, -0.2) is 0 Å². The minimum atomic E-state index is -0.682. The van der Waals surface area contributed by atoms with Gasteiger partial charge in [-0.05, 0) is 42.7 Å². The number of ketones is 1. The number of ether oxygens (including phenoxy) is 2. The van der Waals surface area contributed by atoms with Gasteiger partial charge in [0.2, 0.25) is 0 Å². The zero-order chi connectivity index (χ0) is 22.2. The van der Waals surface area contributed by atoms with Gasteiger partial charge in [0.25, 0.3) is 11.7 Å². The van der Waals surface area contributed by atoms with Crippen LogP contribution < -0.4 is 9.47 Å². The average molecular weight is 434 g/mol. The summed E-state index contributed by atoms with van der Waals surface area (Å²) in [5.74, 6) is 0.0609. The van der Waals surface area contributed by atoms with Crippen LogP contribution >= 0.6 is 0 Å². The third-order valence-corrected chi connectivity index (χ3v) is 6.84. The molecule has 0 aromatic heterocycles. The van der Waals surface area contributed by atoms with Gasteiger partial charge in [0.15, 0.2) is 0 Å². The summed E-state index contributed by atoms with van der Waals surface area (Å²) in [5.41, 5.74) is 2.36. The summed E-state index contributed by atoms with van der Waals surface area (Å²) in [6.07, 6.45) is 5.65. The minimum absolute atomic E-state index is 0.0335. The molecule has 6 nitrogen and oxygen atoms in total. The van der Waals surface area contributed by atoms with Crippen LogP contribution in [0.1, 0.15) is 54.8 Å². The maximum absolute atomic E-state index is 13.3. The number of hydrogen-bond acceptors (Lipinski definition) is 5. The van der Waals surface area contributed by atoms with Crippen molar-refractivity contribution >= 4 is 17.4 Å². The number of likely N-dealkylation sites (tertiary alicyclic amines) is 1. The zero-order valence-corrected chi connectivity index (χ0v) is 18.2. The number of amides is 1. The largest absolute Gasteiger partial charge is 0.507 e. The van der Waals surface area contributed by atoms with Crippen LogP contribution in [0.3, 0.4) is 0 Å². The third kappa shape index (κ3) is 3.34. The highest BCUT2D eigenvalue weighted by Gasteiger charge is 2.49. The number of nitrogens with zero attached hydrogens (tertiary/aromatic N) is 1. The maximum atomic E-state index is 13.3. The number of carbonyl (C=O) groups is 2. The SMILES string of the molecule is COc1ccccc1C1/C(=C(\O)c2ccc3c(c2)CCO3)C(=O)C(=O)N1C1CCCCC1. The van der Waals surface area contributed by atoms with Crippen LogP contribution in [-0.2, 0) is 16.0 Å². The van der Waals surface area contributed by atoms with Crippen LogP contribution in [0.5, 0.6) is 11.5 Å². The number of aliphatic hydroxyl groups is 1. The Morgan fingerprint density at radius 2 is 1.88 bits per heavy atom. The Labute approximate surface area is 187 Å². The van der Waals surface area contributed by atoms with Gasteiger partial charge in [0.1, 0.15) is 17.3 Å². The molecule has 3 aliphatic rings. The number of aliphatic hydroxyl groups excluding tert-OH is 1. The standard InChI is InChI=1S/C26H27NO5/c1-31-21-10-6-5-9-19(21)23-22(24(28)17-11-12-20-16(15-17)13-14-32-20)25(29)26(30)27(23)18-7-3-2-4-8-18/h5-6,9-12,15,18,23,28H,2-4,7-8,13-14H2,1H3/b24-22+. The molecule has 0 radical (unpaired) electrons. The van der Waals surface area contributed by atoms with Gasteiger partial charge < -0.3 is 19.5 Å². The lowest BCUT2D eigenvalue weighted by atomic mass is 9.90. The quantitative estimate of drug-likeness (QED) is 0.440. The molecule has 0 spiro atoms. The van der Waals surface area contributed by atoms with Crippen LogP contribution in [0.15, 0.2) is 48.0 Å². The molecule has 166 valence electrons. The van der Waals surface area contributed by atoms with Gasteiger partial charge in [-0.2, -0.15) is 0 Å². The molecule has 1 saturated heterocycles. The second kappa shape index (κ2) is 8.34. The highest BCUT2D eigenvalue weighted by atomic mass is 16.5. The molecule has 2 heterocycles. The molecule has 1 atom stereocenters. The Balaban J connectivity index is 1.68. The van der Waals surface area contributed by atoms with E-state index >= 15 is 0 Å². The van der Waals surface area contributed by atoms with Gasteiger partial charge in [-0.15, -0.1) is 0 Å². The predicted molar refractivity (Wildman–Crippen MR) is 120 cm³/mol. The molecule has 32 heavy (non-hydrogen) atoms. The second-order valence-electron chi connectivity index (χ2n) is 8.66. The Morgan fingerprint density at radius 3 is 2.66 bits per heavy atom. The summed E-state index contributed by atoms with van der Waals surface area (Å²) in [6, 6.07) is 12.1. The molecular weight excluding hydrogens is 406 g/mol. The molecule has 1 aliphatic carbocycles. The summed E-state index contributed by atoms with van der Waals surface area (Å²) >= 11 is 0. The van der Waals surface area contributed by atoms with Crippen LogP contribution in [-0.4, -0.2) is 41.5 Å². The average Bonchev–Trinajstić information content (AvgIpc) is 3.41. The lowest BCUT2D eigenvalue weighted by Gasteiger charge is -2.35. The monoisotopic (exact) mass is 433 g/mol. The number of rotatable bonds is 4. The molecule has 2 aliphatic heterocycles. The fraction of sp³-hybridized carbons (Fsp3) is 0.385. The highest BCUT2D eigenvalue weighted by Crippen LogP contribution is 2.45. The van der Waals surface area contributed by atoms with Gasteiger partial charge >= 0.3 is 0 Å². The smallest absolute Gasteiger partial charge is 0.295 e. The van der Waals surface area contributed by atoms with Crippen LogP contribution in [0.25, 0.3) is 5.76 Å². The van der Waals surface area contributed by atoms with E-state index in [9.17, 15) is 14.7 Å². The second-order valence-corrected chi connectivity index (χ2v) is 8.66. The van der Waals surface area contributed by atoms with E-state index in [0.29, 0.717) is 23.5 Å². The summed E-state index contributed by atoms with van der Waals surface area (Å²) in [4.78, 5) is 28.3. The molecule has 2 aromatic carbocycles. The molecule has 0 bridgehead atoms. The van der Waals surface area contributed by atoms with Crippen molar-refractivity contribution < 1.29 is 24.2 Å². The molecule has 1 unspecified atom stereocenters. The van der Waals surface area contributed by atoms with E-state index in [-0.39, 0.29) is 17.4 Å². The summed E-state index contributed by atoms with van der Waals surface area (Å²) < 4.78 is 11.2. The summed E-state index contributed by atoms with van der Waals surface area (Å²) in [7, 11) is 1.58. The number of methoxy groups -OCH3 is 1. The lowest BCUT2D eigenvalue weighted by Crippen LogP contribution is -2.40. The van der Waals surface area contributed by atoms with Crippen LogP contribution in [0.2, 0.25) is 0 Å². The van der Waals surface area contributed by atoms with Crippen molar-refractivity contribution in [2.24, 2.45) is 0 Å². The Kier molecular flexibility index (Phi) is 5.37. The van der Waals surface area contributed by atoms with E-state index in [1.54, 1.807) is 18.1 Å². The first kappa shape index (κ1) is 20.6. The molecule has 2 fully saturated rings. The Hall–Kier alpha value is -3.28. The number of carbonyl (C=O) groups excluding carboxylic acids is 2. The van der Waals surface area contributed by atoms with Crippen molar-refractivity contribution in [3.63, 3.8) is 0 Å². The first-order valence-corrected chi connectivity index (χ1v) is 11.3.